The second kappa shape index (κ2) is 7.24. The highest BCUT2D eigenvalue weighted by molar-refractivity contribution is 6.13. The predicted octanol–water partition coefficient (Wildman–Crippen LogP) is 3.53. The van der Waals surface area contributed by atoms with E-state index in [2.05, 4.69) is 15.7 Å². The first-order chi connectivity index (χ1) is 15.0. The zero-order valence-corrected chi connectivity index (χ0v) is 17.0. The molecule has 2 aromatic heterocycles. The van der Waals surface area contributed by atoms with E-state index >= 15 is 0 Å². The van der Waals surface area contributed by atoms with E-state index in [1.807, 2.05) is 44.3 Å². The van der Waals surface area contributed by atoms with Gasteiger partial charge in [-0.15, -0.1) is 0 Å². The number of aryl methyl sites for hydroxylation is 2. The Morgan fingerprint density at radius 3 is 2.77 bits per heavy atom. The van der Waals surface area contributed by atoms with E-state index in [0.29, 0.717) is 39.4 Å². The molecular formula is C23H19N5O3. The maximum absolute atomic E-state index is 13.3. The second-order valence-electron chi connectivity index (χ2n) is 7.33. The summed E-state index contributed by atoms with van der Waals surface area (Å²) in [7, 11) is 1.81. The Morgan fingerprint density at radius 1 is 1.16 bits per heavy atom. The fraction of sp³-hybridized carbons (Fsp3) is 0.130. The fourth-order valence-corrected chi connectivity index (χ4v) is 3.74. The second-order valence-corrected chi connectivity index (χ2v) is 7.33. The number of hydrogen-bond acceptors (Lipinski definition) is 5. The van der Waals surface area contributed by atoms with Crippen LogP contribution in [0.3, 0.4) is 0 Å². The van der Waals surface area contributed by atoms with E-state index in [1.165, 1.54) is 0 Å². The smallest absolute Gasteiger partial charge is 0.262 e. The first-order valence-electron chi connectivity index (χ1n) is 9.77. The number of amides is 2. The summed E-state index contributed by atoms with van der Waals surface area (Å²) in [6, 6.07) is 16.6. The molecule has 0 aliphatic carbocycles. The molecule has 3 heterocycles. The van der Waals surface area contributed by atoms with Crippen LogP contribution in [-0.4, -0.2) is 33.2 Å². The van der Waals surface area contributed by atoms with Gasteiger partial charge in [0.25, 0.3) is 11.8 Å². The van der Waals surface area contributed by atoms with Gasteiger partial charge in [-0.25, -0.2) is 4.98 Å². The number of fused-ring (bicyclic) bond motifs is 2. The van der Waals surface area contributed by atoms with Gasteiger partial charge in [-0.2, -0.15) is 5.10 Å². The number of carbonyl (C=O) groups is 2. The highest BCUT2D eigenvalue weighted by atomic mass is 16.5. The summed E-state index contributed by atoms with van der Waals surface area (Å²) in [5, 5.41) is 10.8. The first kappa shape index (κ1) is 18.8. The van der Waals surface area contributed by atoms with Crippen molar-refractivity contribution >= 4 is 34.2 Å². The standard InChI is InChI=1S/C23H19N5O3/c1-13-21-16(11-17(14-6-4-3-5-7-14)26-22(21)28(2)27-13)23(30)24-15-8-9-19-18(10-15)25-20(29)12-31-19/h3-11H,12H2,1-2H3,(H,24,30)(H,25,29). The van der Waals surface area contributed by atoms with Gasteiger partial charge in [0, 0.05) is 18.3 Å². The SMILES string of the molecule is Cc1nn(C)c2nc(-c3ccccc3)cc(C(=O)Nc3ccc4c(c3)NC(=O)CO4)c12. The van der Waals surface area contributed by atoms with Crippen molar-refractivity contribution in [2.24, 2.45) is 7.05 Å². The average Bonchev–Trinajstić information content (AvgIpc) is 3.07. The van der Waals surface area contributed by atoms with Crippen molar-refractivity contribution in [1.82, 2.24) is 14.8 Å². The highest BCUT2D eigenvalue weighted by Gasteiger charge is 2.21. The molecule has 8 heteroatoms. The number of nitrogens with zero attached hydrogens (tertiary/aromatic N) is 3. The van der Waals surface area contributed by atoms with Crippen LogP contribution >= 0.6 is 0 Å². The molecule has 5 rings (SSSR count). The van der Waals surface area contributed by atoms with Crippen LogP contribution in [0, 0.1) is 6.92 Å². The minimum Gasteiger partial charge on any atom is -0.482 e. The zero-order valence-electron chi connectivity index (χ0n) is 17.0. The van der Waals surface area contributed by atoms with Crippen molar-refractivity contribution in [1.29, 1.82) is 0 Å². The van der Waals surface area contributed by atoms with E-state index in [-0.39, 0.29) is 18.4 Å². The van der Waals surface area contributed by atoms with Gasteiger partial charge in [-0.3, -0.25) is 14.3 Å². The highest BCUT2D eigenvalue weighted by Crippen LogP contribution is 2.32. The normalized spacial score (nSPS) is 12.8. The molecule has 0 atom stereocenters. The quantitative estimate of drug-likeness (QED) is 0.535. The molecule has 154 valence electrons. The lowest BCUT2D eigenvalue weighted by Crippen LogP contribution is -2.25. The monoisotopic (exact) mass is 413 g/mol. The third kappa shape index (κ3) is 3.38. The van der Waals surface area contributed by atoms with Crippen molar-refractivity contribution in [2.75, 3.05) is 17.2 Å². The topological polar surface area (TPSA) is 98.1 Å². The van der Waals surface area contributed by atoms with Crippen LogP contribution in [0.1, 0.15) is 16.1 Å². The largest absolute Gasteiger partial charge is 0.482 e. The number of nitrogens with one attached hydrogen (secondary N) is 2. The predicted molar refractivity (Wildman–Crippen MR) is 117 cm³/mol. The molecule has 0 bridgehead atoms. The van der Waals surface area contributed by atoms with Gasteiger partial charge in [-0.05, 0) is 31.2 Å². The maximum Gasteiger partial charge on any atom is 0.262 e. The molecule has 0 saturated carbocycles. The van der Waals surface area contributed by atoms with Gasteiger partial charge >= 0.3 is 0 Å². The van der Waals surface area contributed by atoms with Crippen molar-refractivity contribution in [3.63, 3.8) is 0 Å². The van der Waals surface area contributed by atoms with Crippen LogP contribution in [-0.2, 0) is 11.8 Å². The molecule has 1 aliphatic rings. The Kier molecular flexibility index (Phi) is 4.39. The Morgan fingerprint density at radius 2 is 1.97 bits per heavy atom. The van der Waals surface area contributed by atoms with Gasteiger partial charge < -0.3 is 15.4 Å². The van der Waals surface area contributed by atoms with Crippen LogP contribution in [0.2, 0.25) is 0 Å². The number of hydrogen-bond donors (Lipinski definition) is 2. The van der Waals surface area contributed by atoms with Gasteiger partial charge in [0.05, 0.1) is 28.0 Å². The summed E-state index contributed by atoms with van der Waals surface area (Å²) in [5.74, 6) is 0.0485. The lowest BCUT2D eigenvalue weighted by molar-refractivity contribution is -0.118. The summed E-state index contributed by atoms with van der Waals surface area (Å²) < 4.78 is 7.06. The van der Waals surface area contributed by atoms with Crippen molar-refractivity contribution < 1.29 is 14.3 Å². The number of carbonyl (C=O) groups excluding carboxylic acids is 2. The molecule has 2 N–H and O–H groups in total. The molecular weight excluding hydrogens is 394 g/mol. The molecule has 0 spiro atoms. The van der Waals surface area contributed by atoms with Crippen molar-refractivity contribution in [2.45, 2.75) is 6.92 Å². The van der Waals surface area contributed by atoms with E-state index in [1.54, 1.807) is 28.9 Å². The number of ether oxygens (including phenoxy) is 1. The zero-order chi connectivity index (χ0) is 21.5. The molecule has 0 fully saturated rings. The third-order valence-electron chi connectivity index (χ3n) is 5.15. The summed E-state index contributed by atoms with van der Waals surface area (Å²) in [5.41, 5.74) is 4.50. The molecule has 2 amide bonds. The van der Waals surface area contributed by atoms with E-state index in [9.17, 15) is 9.59 Å². The lowest BCUT2D eigenvalue weighted by Gasteiger charge is -2.18. The van der Waals surface area contributed by atoms with Crippen molar-refractivity contribution in [3.8, 4) is 17.0 Å². The number of anilines is 2. The molecule has 4 aromatic rings. The average molecular weight is 413 g/mol. The summed E-state index contributed by atoms with van der Waals surface area (Å²) >= 11 is 0. The van der Waals surface area contributed by atoms with Gasteiger partial charge in [0.1, 0.15) is 5.75 Å². The van der Waals surface area contributed by atoms with Crippen LogP contribution in [0.5, 0.6) is 5.75 Å². The molecule has 0 saturated heterocycles. The van der Waals surface area contributed by atoms with E-state index in [4.69, 9.17) is 9.72 Å². The number of rotatable bonds is 3. The van der Waals surface area contributed by atoms with Crippen LogP contribution in [0.15, 0.2) is 54.6 Å². The molecule has 2 aromatic carbocycles. The Hall–Kier alpha value is -4.20. The van der Waals surface area contributed by atoms with Crippen LogP contribution in [0.25, 0.3) is 22.3 Å². The summed E-state index contributed by atoms with van der Waals surface area (Å²) in [6.07, 6.45) is 0. The molecule has 31 heavy (non-hydrogen) atoms. The molecule has 0 unspecified atom stereocenters. The van der Waals surface area contributed by atoms with Crippen molar-refractivity contribution in [3.05, 3.63) is 65.9 Å². The molecule has 1 aliphatic heterocycles. The Labute approximate surface area is 177 Å². The third-order valence-corrected chi connectivity index (χ3v) is 5.15. The number of pyridine rings is 1. The first-order valence-corrected chi connectivity index (χ1v) is 9.77. The Balaban J connectivity index is 1.57. The number of aromatic nitrogens is 3. The van der Waals surface area contributed by atoms with E-state index in [0.717, 1.165) is 11.3 Å². The van der Waals surface area contributed by atoms with Gasteiger partial charge in [0.2, 0.25) is 0 Å². The molecule has 0 radical (unpaired) electrons. The number of benzene rings is 2. The summed E-state index contributed by atoms with van der Waals surface area (Å²) in [6.45, 7) is 1.84. The maximum atomic E-state index is 13.3. The Bertz CT molecular complexity index is 1340. The minimum atomic E-state index is -0.288. The fourth-order valence-electron chi connectivity index (χ4n) is 3.74. The lowest BCUT2D eigenvalue weighted by atomic mass is 10.0. The molecule has 8 nitrogen and oxygen atoms in total. The van der Waals surface area contributed by atoms with E-state index < -0.39 is 0 Å². The van der Waals surface area contributed by atoms with Crippen LogP contribution < -0.4 is 15.4 Å². The summed E-state index contributed by atoms with van der Waals surface area (Å²) in [4.78, 5) is 29.6. The minimum absolute atomic E-state index is 0.0176. The van der Waals surface area contributed by atoms with Gasteiger partial charge in [0.15, 0.2) is 12.3 Å². The van der Waals surface area contributed by atoms with Gasteiger partial charge in [-0.1, -0.05) is 30.3 Å². The van der Waals surface area contributed by atoms with Crippen LogP contribution in [0.4, 0.5) is 11.4 Å².